The van der Waals surface area contributed by atoms with Crippen molar-refractivity contribution in [3.05, 3.63) is 24.0 Å². The largest absolute Gasteiger partial charge is 0.352 e. The molecular formula is C13H19FN4. The second kappa shape index (κ2) is 5.35. The topological polar surface area (TPSA) is 66.7 Å². The molecule has 98 valence electrons. The van der Waals surface area contributed by atoms with Gasteiger partial charge in [-0.05, 0) is 30.5 Å². The highest BCUT2D eigenvalue weighted by atomic mass is 19.1. The molecular weight excluding hydrogens is 231 g/mol. The number of nitrogens with one attached hydrogen (secondary N) is 2. The van der Waals surface area contributed by atoms with Gasteiger partial charge in [-0.3, -0.25) is 0 Å². The molecule has 2 aromatic rings. The molecule has 0 saturated carbocycles. The van der Waals surface area contributed by atoms with E-state index in [1.807, 2.05) is 0 Å². The number of hydrogen-bond acceptors (Lipinski definition) is 3. The zero-order chi connectivity index (χ0) is 13.1. The van der Waals surface area contributed by atoms with Gasteiger partial charge in [0.1, 0.15) is 5.82 Å². The van der Waals surface area contributed by atoms with Gasteiger partial charge in [0.25, 0.3) is 0 Å². The summed E-state index contributed by atoms with van der Waals surface area (Å²) < 4.78 is 13.1. The number of nitrogens with two attached hydrogens (primary N) is 1. The summed E-state index contributed by atoms with van der Waals surface area (Å²) in [5.41, 5.74) is 7.16. The van der Waals surface area contributed by atoms with Crippen LogP contribution in [0.25, 0.3) is 11.0 Å². The average Bonchev–Trinajstić information content (AvgIpc) is 2.68. The van der Waals surface area contributed by atoms with Crippen LogP contribution in [0.3, 0.4) is 0 Å². The van der Waals surface area contributed by atoms with Crippen LogP contribution in [0, 0.1) is 11.7 Å². The molecule has 1 unspecified atom stereocenters. The van der Waals surface area contributed by atoms with Crippen molar-refractivity contribution in [2.75, 3.05) is 11.9 Å². The average molecular weight is 250 g/mol. The van der Waals surface area contributed by atoms with Crippen LogP contribution in [0.1, 0.15) is 20.3 Å². The van der Waals surface area contributed by atoms with Crippen molar-refractivity contribution in [1.82, 2.24) is 9.97 Å². The van der Waals surface area contributed by atoms with E-state index in [4.69, 9.17) is 5.73 Å². The van der Waals surface area contributed by atoms with Crippen LogP contribution in [0.4, 0.5) is 10.3 Å². The molecule has 0 radical (unpaired) electrons. The molecule has 18 heavy (non-hydrogen) atoms. The molecule has 4 nitrogen and oxygen atoms in total. The van der Waals surface area contributed by atoms with Gasteiger partial charge in [-0.1, -0.05) is 13.8 Å². The molecule has 0 aliphatic carbocycles. The number of fused-ring (bicyclic) bond motifs is 1. The molecule has 0 spiro atoms. The quantitative estimate of drug-likeness (QED) is 0.763. The summed E-state index contributed by atoms with van der Waals surface area (Å²) in [6.45, 7) is 4.85. The highest BCUT2D eigenvalue weighted by Gasteiger charge is 2.11. The molecule has 0 bridgehead atoms. The SMILES string of the molecule is CC(C)CC(CN)Nc1nc2ccc(F)cc2[nH]1. The van der Waals surface area contributed by atoms with Gasteiger partial charge >= 0.3 is 0 Å². The smallest absolute Gasteiger partial charge is 0.201 e. The Morgan fingerprint density at radius 2 is 2.22 bits per heavy atom. The Morgan fingerprint density at radius 3 is 2.89 bits per heavy atom. The van der Waals surface area contributed by atoms with Crippen molar-refractivity contribution in [3.63, 3.8) is 0 Å². The lowest BCUT2D eigenvalue weighted by atomic mass is 10.0. The van der Waals surface area contributed by atoms with Crippen LogP contribution in [0.2, 0.25) is 0 Å². The molecule has 1 aromatic heterocycles. The summed E-state index contributed by atoms with van der Waals surface area (Å²) in [5, 5.41) is 3.25. The summed E-state index contributed by atoms with van der Waals surface area (Å²) in [7, 11) is 0. The predicted octanol–water partition coefficient (Wildman–Crippen LogP) is 2.49. The standard InChI is InChI=1S/C13H19FN4/c1-8(2)5-10(7-15)16-13-17-11-4-3-9(14)6-12(11)18-13/h3-4,6,8,10H,5,7,15H2,1-2H3,(H2,16,17,18). The fourth-order valence-corrected chi connectivity index (χ4v) is 2.03. The molecule has 4 N–H and O–H groups in total. The zero-order valence-electron chi connectivity index (χ0n) is 10.7. The first-order valence-electron chi connectivity index (χ1n) is 6.20. The molecule has 1 aromatic carbocycles. The minimum atomic E-state index is -0.268. The summed E-state index contributed by atoms with van der Waals surface area (Å²) in [5.74, 6) is 0.940. The fraction of sp³-hybridized carbons (Fsp3) is 0.462. The van der Waals surface area contributed by atoms with E-state index in [0.717, 1.165) is 11.9 Å². The monoisotopic (exact) mass is 250 g/mol. The third-order valence-corrected chi connectivity index (χ3v) is 2.83. The maximum Gasteiger partial charge on any atom is 0.201 e. The molecule has 0 saturated heterocycles. The summed E-state index contributed by atoms with van der Waals surface area (Å²) >= 11 is 0. The number of anilines is 1. The first kappa shape index (κ1) is 12.8. The van der Waals surface area contributed by atoms with E-state index in [1.165, 1.54) is 12.1 Å². The third kappa shape index (κ3) is 2.98. The Hall–Kier alpha value is -1.62. The number of aromatic amines is 1. The van der Waals surface area contributed by atoms with Crippen molar-refractivity contribution in [1.29, 1.82) is 0 Å². The lowest BCUT2D eigenvalue weighted by molar-refractivity contribution is 0.520. The second-order valence-electron chi connectivity index (χ2n) is 4.95. The van der Waals surface area contributed by atoms with E-state index in [2.05, 4.69) is 29.1 Å². The Bertz CT molecular complexity index is 521. The van der Waals surface area contributed by atoms with E-state index in [-0.39, 0.29) is 11.9 Å². The van der Waals surface area contributed by atoms with Crippen LogP contribution < -0.4 is 11.1 Å². The minimum absolute atomic E-state index is 0.176. The van der Waals surface area contributed by atoms with Crippen molar-refractivity contribution in [2.45, 2.75) is 26.3 Å². The van der Waals surface area contributed by atoms with E-state index < -0.39 is 0 Å². The van der Waals surface area contributed by atoms with Crippen molar-refractivity contribution in [2.24, 2.45) is 11.7 Å². The van der Waals surface area contributed by atoms with Gasteiger partial charge in [0.2, 0.25) is 5.95 Å². The van der Waals surface area contributed by atoms with E-state index in [9.17, 15) is 4.39 Å². The van der Waals surface area contributed by atoms with Crippen LogP contribution in [0.15, 0.2) is 18.2 Å². The summed E-state index contributed by atoms with van der Waals surface area (Å²) in [6.07, 6.45) is 0.974. The molecule has 0 amide bonds. The maximum atomic E-state index is 13.1. The van der Waals surface area contributed by atoms with Crippen molar-refractivity contribution < 1.29 is 4.39 Å². The first-order chi connectivity index (χ1) is 8.58. The second-order valence-corrected chi connectivity index (χ2v) is 4.95. The van der Waals surface area contributed by atoms with Gasteiger partial charge in [-0.2, -0.15) is 0 Å². The van der Waals surface area contributed by atoms with Crippen LogP contribution >= 0.6 is 0 Å². The molecule has 0 fully saturated rings. The zero-order valence-corrected chi connectivity index (χ0v) is 10.7. The molecule has 1 atom stereocenters. The Morgan fingerprint density at radius 1 is 1.44 bits per heavy atom. The Kier molecular flexibility index (Phi) is 3.81. The van der Waals surface area contributed by atoms with Gasteiger partial charge in [0, 0.05) is 12.6 Å². The van der Waals surface area contributed by atoms with Gasteiger partial charge in [0.05, 0.1) is 11.0 Å². The predicted molar refractivity (Wildman–Crippen MR) is 72.0 cm³/mol. The minimum Gasteiger partial charge on any atom is -0.352 e. The lowest BCUT2D eigenvalue weighted by Gasteiger charge is -2.17. The van der Waals surface area contributed by atoms with Crippen LogP contribution in [0.5, 0.6) is 0 Å². The van der Waals surface area contributed by atoms with E-state index >= 15 is 0 Å². The maximum absolute atomic E-state index is 13.1. The van der Waals surface area contributed by atoms with Gasteiger partial charge < -0.3 is 16.0 Å². The highest BCUT2D eigenvalue weighted by molar-refractivity contribution is 5.77. The van der Waals surface area contributed by atoms with Gasteiger partial charge in [0.15, 0.2) is 0 Å². The Balaban J connectivity index is 2.15. The first-order valence-corrected chi connectivity index (χ1v) is 6.20. The fourth-order valence-electron chi connectivity index (χ4n) is 2.03. The van der Waals surface area contributed by atoms with Gasteiger partial charge in [-0.15, -0.1) is 0 Å². The molecule has 2 rings (SSSR count). The van der Waals surface area contributed by atoms with Gasteiger partial charge in [-0.25, -0.2) is 9.37 Å². The number of benzene rings is 1. The molecule has 1 heterocycles. The number of H-pyrrole nitrogens is 1. The normalized spacial score (nSPS) is 13.2. The number of rotatable bonds is 5. The lowest BCUT2D eigenvalue weighted by Crippen LogP contribution is -2.30. The van der Waals surface area contributed by atoms with Crippen molar-refractivity contribution in [3.8, 4) is 0 Å². The number of aromatic nitrogens is 2. The van der Waals surface area contributed by atoms with E-state index in [1.54, 1.807) is 6.07 Å². The van der Waals surface area contributed by atoms with Crippen LogP contribution in [-0.4, -0.2) is 22.6 Å². The number of imidazole rings is 1. The van der Waals surface area contributed by atoms with Crippen molar-refractivity contribution >= 4 is 17.0 Å². The Labute approximate surface area is 106 Å². The van der Waals surface area contributed by atoms with Crippen LogP contribution in [-0.2, 0) is 0 Å². The number of halogens is 1. The highest BCUT2D eigenvalue weighted by Crippen LogP contribution is 2.17. The third-order valence-electron chi connectivity index (χ3n) is 2.83. The molecule has 0 aliphatic rings. The number of hydrogen-bond donors (Lipinski definition) is 3. The molecule has 5 heteroatoms. The van der Waals surface area contributed by atoms with E-state index in [0.29, 0.717) is 23.9 Å². The molecule has 0 aliphatic heterocycles. The number of nitrogens with zero attached hydrogens (tertiary/aromatic N) is 1. The summed E-state index contributed by atoms with van der Waals surface area (Å²) in [4.78, 5) is 7.42. The summed E-state index contributed by atoms with van der Waals surface area (Å²) in [6, 6.07) is 4.68.